The van der Waals surface area contributed by atoms with Gasteiger partial charge in [0.2, 0.25) is 0 Å². The van der Waals surface area contributed by atoms with Crippen molar-refractivity contribution in [3.63, 3.8) is 0 Å². The van der Waals surface area contributed by atoms with Gasteiger partial charge >= 0.3 is 11.9 Å². The quantitative estimate of drug-likeness (QED) is 0.638. The van der Waals surface area contributed by atoms with E-state index in [1.165, 1.54) is 0 Å². The van der Waals surface area contributed by atoms with Gasteiger partial charge in [-0.1, -0.05) is 5.21 Å². The maximum Gasteiger partial charge on any atom is 0.311 e. The van der Waals surface area contributed by atoms with E-state index in [2.05, 4.69) is 15.3 Å². The Labute approximate surface area is 180 Å². The lowest BCUT2D eigenvalue weighted by Crippen LogP contribution is -2.29. The van der Waals surface area contributed by atoms with Gasteiger partial charge in [0.1, 0.15) is 11.4 Å². The third-order valence-corrected chi connectivity index (χ3v) is 5.98. The molecule has 0 saturated heterocycles. The highest BCUT2D eigenvalue weighted by Gasteiger charge is 2.29. The molecule has 0 aromatic carbocycles. The first-order chi connectivity index (χ1) is 14.9. The Kier molecular flexibility index (Phi) is 6.20. The van der Waals surface area contributed by atoms with Crippen LogP contribution in [-0.2, 0) is 27.8 Å². The Morgan fingerprint density at radius 2 is 2.03 bits per heavy atom. The van der Waals surface area contributed by atoms with Gasteiger partial charge in [0.15, 0.2) is 0 Å². The Balaban J connectivity index is 1.45. The normalized spacial score (nSPS) is 21.0. The molecule has 0 radical (unpaired) electrons. The lowest BCUT2D eigenvalue weighted by Gasteiger charge is -2.27. The van der Waals surface area contributed by atoms with Gasteiger partial charge in [-0.2, -0.15) is 0 Å². The number of carbonyl (C=O) groups is 2. The maximum atomic E-state index is 12.2. The molecular weight excluding hydrogens is 400 g/mol. The molecule has 1 N–H and O–H groups in total. The standard InChI is InChI=1S/C22H28N4O5/c1-13-19(31-16-5-3-4-15(10-16)22(28)29)9-8-17(23-13)21-18(26(2)25-24-21)11-20(27)30-12-14-6-7-14/h8-9,14-16H,3-7,10-12H2,1-2H3,(H,28,29)/t15-,16-/m0/s1. The second-order valence-electron chi connectivity index (χ2n) is 8.53. The van der Waals surface area contributed by atoms with E-state index in [-0.39, 0.29) is 24.4 Å². The van der Waals surface area contributed by atoms with Crippen molar-refractivity contribution in [2.75, 3.05) is 6.61 Å². The maximum absolute atomic E-state index is 12.2. The highest BCUT2D eigenvalue weighted by atomic mass is 16.5. The fraction of sp³-hybridized carbons (Fsp3) is 0.591. The molecule has 0 bridgehead atoms. The number of carbonyl (C=O) groups excluding carboxylic acids is 1. The molecule has 2 aromatic heterocycles. The van der Waals surface area contributed by atoms with Crippen molar-refractivity contribution in [1.29, 1.82) is 0 Å². The van der Waals surface area contributed by atoms with E-state index in [0.717, 1.165) is 25.7 Å². The molecule has 31 heavy (non-hydrogen) atoms. The van der Waals surface area contributed by atoms with Crippen LogP contribution in [0.15, 0.2) is 12.1 Å². The molecule has 0 spiro atoms. The summed E-state index contributed by atoms with van der Waals surface area (Å²) in [6.45, 7) is 2.32. The number of aliphatic carboxylic acids is 1. The van der Waals surface area contributed by atoms with Crippen molar-refractivity contribution in [3.8, 4) is 17.1 Å². The van der Waals surface area contributed by atoms with Crippen LogP contribution >= 0.6 is 0 Å². The van der Waals surface area contributed by atoms with Gasteiger partial charge in [-0.3, -0.25) is 14.3 Å². The number of ether oxygens (including phenoxy) is 2. The molecule has 9 nitrogen and oxygen atoms in total. The van der Waals surface area contributed by atoms with Crippen molar-refractivity contribution in [2.24, 2.45) is 18.9 Å². The Morgan fingerprint density at radius 1 is 1.23 bits per heavy atom. The minimum absolute atomic E-state index is 0.0865. The summed E-state index contributed by atoms with van der Waals surface area (Å²) in [5.74, 6) is -0.257. The summed E-state index contributed by atoms with van der Waals surface area (Å²) >= 11 is 0. The number of aryl methyl sites for hydroxylation is 2. The topological polar surface area (TPSA) is 116 Å². The van der Waals surface area contributed by atoms with Crippen LogP contribution in [0.4, 0.5) is 0 Å². The molecule has 0 aliphatic heterocycles. The van der Waals surface area contributed by atoms with Gasteiger partial charge < -0.3 is 14.6 Å². The third-order valence-electron chi connectivity index (χ3n) is 5.98. The van der Waals surface area contributed by atoms with Gasteiger partial charge in [-0.05, 0) is 63.5 Å². The second kappa shape index (κ2) is 9.03. The Morgan fingerprint density at radius 3 is 2.74 bits per heavy atom. The first-order valence-corrected chi connectivity index (χ1v) is 10.8. The largest absolute Gasteiger partial charge is 0.489 e. The van der Waals surface area contributed by atoms with Crippen molar-refractivity contribution in [2.45, 2.75) is 58.0 Å². The van der Waals surface area contributed by atoms with Crippen LogP contribution in [0.2, 0.25) is 0 Å². The van der Waals surface area contributed by atoms with E-state index < -0.39 is 5.97 Å². The number of carboxylic acid groups (broad SMARTS) is 1. The van der Waals surface area contributed by atoms with Crippen LogP contribution in [0.5, 0.6) is 5.75 Å². The number of pyridine rings is 1. The smallest absolute Gasteiger partial charge is 0.311 e. The van der Waals surface area contributed by atoms with E-state index in [9.17, 15) is 14.7 Å². The summed E-state index contributed by atoms with van der Waals surface area (Å²) in [4.78, 5) is 28.1. The molecule has 2 saturated carbocycles. The molecule has 0 unspecified atom stereocenters. The molecule has 4 rings (SSSR count). The second-order valence-corrected chi connectivity index (χ2v) is 8.53. The summed E-state index contributed by atoms with van der Waals surface area (Å²) in [6.07, 6.45) is 5.09. The SMILES string of the molecule is Cc1nc(-c2nnn(C)c2CC(=O)OCC2CC2)ccc1O[C@H]1CCC[C@H](C(=O)O)C1. The van der Waals surface area contributed by atoms with E-state index in [1.807, 2.05) is 13.0 Å². The molecule has 2 aliphatic rings. The zero-order valence-electron chi connectivity index (χ0n) is 17.9. The van der Waals surface area contributed by atoms with Crippen LogP contribution < -0.4 is 4.74 Å². The third kappa shape index (κ3) is 5.21. The van der Waals surface area contributed by atoms with Gasteiger partial charge in [-0.15, -0.1) is 5.10 Å². The predicted octanol–water partition coefficient (Wildman–Crippen LogP) is 2.70. The molecule has 2 aliphatic carbocycles. The predicted molar refractivity (Wildman–Crippen MR) is 110 cm³/mol. The van der Waals surface area contributed by atoms with Gasteiger partial charge in [0, 0.05) is 7.05 Å². The monoisotopic (exact) mass is 428 g/mol. The van der Waals surface area contributed by atoms with Gasteiger partial charge in [0.25, 0.3) is 0 Å². The lowest BCUT2D eigenvalue weighted by molar-refractivity contribution is -0.144. The Hall–Kier alpha value is -2.97. The summed E-state index contributed by atoms with van der Waals surface area (Å²) in [5, 5.41) is 17.5. The minimum atomic E-state index is -0.760. The van der Waals surface area contributed by atoms with Crippen LogP contribution in [0.3, 0.4) is 0 Å². The molecule has 2 aromatic rings. The van der Waals surface area contributed by atoms with Crippen molar-refractivity contribution >= 4 is 11.9 Å². The molecule has 2 heterocycles. The molecule has 0 amide bonds. The molecule has 9 heteroatoms. The fourth-order valence-corrected chi connectivity index (χ4v) is 3.92. The number of nitrogens with zero attached hydrogens (tertiary/aromatic N) is 4. The molecular formula is C22H28N4O5. The van der Waals surface area contributed by atoms with E-state index >= 15 is 0 Å². The number of carboxylic acids is 1. The van der Waals surface area contributed by atoms with Crippen molar-refractivity contribution in [1.82, 2.24) is 20.0 Å². The minimum Gasteiger partial charge on any atom is -0.489 e. The zero-order valence-corrected chi connectivity index (χ0v) is 17.9. The highest BCUT2D eigenvalue weighted by Crippen LogP contribution is 2.31. The number of aromatic nitrogens is 4. The summed E-state index contributed by atoms with van der Waals surface area (Å²) < 4.78 is 13.0. The van der Waals surface area contributed by atoms with Gasteiger partial charge in [-0.25, -0.2) is 4.98 Å². The van der Waals surface area contributed by atoms with Gasteiger partial charge in [0.05, 0.1) is 42.1 Å². The average molecular weight is 428 g/mol. The van der Waals surface area contributed by atoms with E-state index in [4.69, 9.17) is 9.47 Å². The van der Waals surface area contributed by atoms with E-state index in [1.54, 1.807) is 17.8 Å². The molecule has 2 atom stereocenters. The van der Waals surface area contributed by atoms with Crippen LogP contribution in [0.25, 0.3) is 11.4 Å². The number of rotatable bonds is 8. The molecule has 166 valence electrons. The highest BCUT2D eigenvalue weighted by molar-refractivity contribution is 5.75. The number of hydrogen-bond acceptors (Lipinski definition) is 7. The van der Waals surface area contributed by atoms with Crippen LogP contribution in [0, 0.1) is 18.8 Å². The zero-order chi connectivity index (χ0) is 22.0. The van der Waals surface area contributed by atoms with Crippen LogP contribution in [-0.4, -0.2) is 49.7 Å². The van der Waals surface area contributed by atoms with Crippen molar-refractivity contribution in [3.05, 3.63) is 23.5 Å². The fourth-order valence-electron chi connectivity index (χ4n) is 3.92. The lowest BCUT2D eigenvalue weighted by atomic mass is 9.87. The first kappa shape index (κ1) is 21.3. The first-order valence-electron chi connectivity index (χ1n) is 10.8. The summed E-state index contributed by atoms with van der Waals surface area (Å²) in [6, 6.07) is 3.62. The van der Waals surface area contributed by atoms with Crippen molar-refractivity contribution < 1.29 is 24.2 Å². The summed E-state index contributed by atoms with van der Waals surface area (Å²) in [5.41, 5.74) is 2.49. The average Bonchev–Trinajstić information content (AvgIpc) is 3.51. The van der Waals surface area contributed by atoms with Crippen LogP contribution in [0.1, 0.15) is 49.9 Å². The number of esters is 1. The Bertz CT molecular complexity index is 969. The molecule has 2 fully saturated rings. The number of hydrogen-bond donors (Lipinski definition) is 1. The van der Waals surface area contributed by atoms with E-state index in [0.29, 0.717) is 53.9 Å². The summed E-state index contributed by atoms with van der Waals surface area (Å²) in [7, 11) is 1.74.